The number of nitrogens with zero attached hydrogens (tertiary/aromatic N) is 2. The van der Waals surface area contributed by atoms with Gasteiger partial charge in [0.25, 0.3) is 0 Å². The zero-order valence-electron chi connectivity index (χ0n) is 8.99. The fourth-order valence-electron chi connectivity index (χ4n) is 1.86. The zero-order chi connectivity index (χ0) is 10.0. The Bertz CT molecular complexity index is 269. The fourth-order valence-corrected chi connectivity index (χ4v) is 2.49. The molecule has 0 aliphatic carbocycles. The van der Waals surface area contributed by atoms with E-state index < -0.39 is 0 Å². The van der Waals surface area contributed by atoms with Gasteiger partial charge in [0.1, 0.15) is 0 Å². The van der Waals surface area contributed by atoms with Gasteiger partial charge in [-0.1, -0.05) is 13.8 Å². The second kappa shape index (κ2) is 3.99. The van der Waals surface area contributed by atoms with Crippen LogP contribution in [0.3, 0.4) is 0 Å². The van der Waals surface area contributed by atoms with Crippen LogP contribution >= 0.6 is 11.3 Å². The molecule has 3 heteroatoms. The second-order valence-electron chi connectivity index (χ2n) is 4.91. The Morgan fingerprint density at radius 1 is 1.43 bits per heavy atom. The van der Waals surface area contributed by atoms with Gasteiger partial charge in [-0.25, -0.2) is 0 Å². The molecule has 2 nitrogen and oxygen atoms in total. The normalized spacial score (nSPS) is 22.4. The molecule has 78 valence electrons. The highest BCUT2D eigenvalue weighted by atomic mass is 32.1. The molecular formula is C11H18N2S. The summed E-state index contributed by atoms with van der Waals surface area (Å²) in [5, 5.41) is 0. The van der Waals surface area contributed by atoms with Gasteiger partial charge in [0.2, 0.25) is 0 Å². The minimum Gasteiger partial charge on any atom is -0.298 e. The van der Waals surface area contributed by atoms with Gasteiger partial charge >= 0.3 is 0 Å². The van der Waals surface area contributed by atoms with Gasteiger partial charge in [-0.3, -0.25) is 9.88 Å². The number of aromatic nitrogens is 1. The van der Waals surface area contributed by atoms with Gasteiger partial charge < -0.3 is 0 Å². The smallest absolute Gasteiger partial charge is 0.0794 e. The Labute approximate surface area is 90.0 Å². The molecule has 1 fully saturated rings. The van der Waals surface area contributed by atoms with Crippen LogP contribution in [0.15, 0.2) is 11.7 Å². The highest BCUT2D eigenvalue weighted by Crippen LogP contribution is 2.30. The van der Waals surface area contributed by atoms with Gasteiger partial charge in [-0.15, -0.1) is 11.3 Å². The van der Waals surface area contributed by atoms with E-state index in [0.717, 1.165) is 6.54 Å². The molecule has 0 bridgehead atoms. The first-order chi connectivity index (χ1) is 6.66. The maximum atomic E-state index is 4.11. The molecule has 0 aromatic carbocycles. The molecule has 2 rings (SSSR count). The van der Waals surface area contributed by atoms with E-state index in [0.29, 0.717) is 5.41 Å². The number of hydrogen-bond acceptors (Lipinski definition) is 3. The van der Waals surface area contributed by atoms with Crippen LogP contribution in [-0.4, -0.2) is 23.0 Å². The average molecular weight is 210 g/mol. The molecule has 0 saturated carbocycles. The molecule has 0 N–H and O–H groups in total. The van der Waals surface area contributed by atoms with Crippen LogP contribution in [0.4, 0.5) is 0 Å². The van der Waals surface area contributed by atoms with E-state index in [1.807, 2.05) is 11.7 Å². The van der Waals surface area contributed by atoms with Crippen LogP contribution in [-0.2, 0) is 6.54 Å². The first-order valence-corrected chi connectivity index (χ1v) is 6.13. The Morgan fingerprint density at radius 3 is 2.71 bits per heavy atom. The predicted molar refractivity (Wildman–Crippen MR) is 60.4 cm³/mol. The third-order valence-corrected chi connectivity index (χ3v) is 3.84. The lowest BCUT2D eigenvalue weighted by molar-refractivity contribution is 0.128. The molecule has 1 aliphatic heterocycles. The predicted octanol–water partition coefficient (Wildman–Crippen LogP) is 2.77. The molecule has 0 unspecified atom stereocenters. The summed E-state index contributed by atoms with van der Waals surface area (Å²) in [5.41, 5.74) is 2.48. The molecule has 0 amide bonds. The summed E-state index contributed by atoms with van der Waals surface area (Å²) in [6.07, 6.45) is 4.64. The lowest BCUT2D eigenvalue weighted by Crippen LogP contribution is -2.36. The second-order valence-corrected chi connectivity index (χ2v) is 5.88. The quantitative estimate of drug-likeness (QED) is 0.746. The van der Waals surface area contributed by atoms with Crippen molar-refractivity contribution < 1.29 is 0 Å². The van der Waals surface area contributed by atoms with E-state index in [1.54, 1.807) is 11.3 Å². The van der Waals surface area contributed by atoms with E-state index in [9.17, 15) is 0 Å². The number of rotatable bonds is 2. The van der Waals surface area contributed by atoms with E-state index in [-0.39, 0.29) is 0 Å². The Morgan fingerprint density at radius 2 is 2.14 bits per heavy atom. The number of likely N-dealkylation sites (tertiary alicyclic amines) is 1. The third kappa shape index (κ3) is 2.55. The van der Waals surface area contributed by atoms with Crippen molar-refractivity contribution in [3.63, 3.8) is 0 Å². The zero-order valence-corrected chi connectivity index (χ0v) is 9.81. The molecule has 14 heavy (non-hydrogen) atoms. The number of hydrogen-bond donors (Lipinski definition) is 0. The Balaban J connectivity index is 1.85. The van der Waals surface area contributed by atoms with Crippen LogP contribution < -0.4 is 0 Å². The summed E-state index contributed by atoms with van der Waals surface area (Å²) in [6, 6.07) is 0. The Hall–Kier alpha value is -0.410. The van der Waals surface area contributed by atoms with E-state index in [2.05, 4.69) is 23.7 Å². The van der Waals surface area contributed by atoms with Crippen molar-refractivity contribution in [1.82, 2.24) is 9.88 Å². The highest BCUT2D eigenvalue weighted by Gasteiger charge is 2.25. The molecular weight excluding hydrogens is 192 g/mol. The maximum Gasteiger partial charge on any atom is 0.0794 e. The monoisotopic (exact) mass is 210 g/mol. The van der Waals surface area contributed by atoms with E-state index in [4.69, 9.17) is 0 Å². The van der Waals surface area contributed by atoms with Crippen LogP contribution in [0.25, 0.3) is 0 Å². The summed E-state index contributed by atoms with van der Waals surface area (Å²) < 4.78 is 0. The van der Waals surface area contributed by atoms with Gasteiger partial charge in [-0.2, -0.15) is 0 Å². The molecule has 1 saturated heterocycles. The standard InChI is InChI=1S/C11H18N2S/c1-11(2)3-5-13(6-4-11)8-10-7-12-9-14-10/h7,9H,3-6,8H2,1-2H3. The van der Waals surface area contributed by atoms with E-state index in [1.165, 1.54) is 30.8 Å². The first-order valence-electron chi connectivity index (χ1n) is 5.25. The van der Waals surface area contributed by atoms with Crippen LogP contribution in [0.1, 0.15) is 31.6 Å². The third-order valence-electron chi connectivity index (χ3n) is 3.07. The van der Waals surface area contributed by atoms with Crippen molar-refractivity contribution in [2.75, 3.05) is 13.1 Å². The van der Waals surface area contributed by atoms with Crippen molar-refractivity contribution in [2.24, 2.45) is 5.41 Å². The Kier molecular flexibility index (Phi) is 2.88. The largest absolute Gasteiger partial charge is 0.298 e. The van der Waals surface area contributed by atoms with Crippen molar-refractivity contribution >= 4 is 11.3 Å². The minimum absolute atomic E-state index is 0.560. The summed E-state index contributed by atoms with van der Waals surface area (Å²) in [6.45, 7) is 8.32. The molecule has 1 aromatic rings. The van der Waals surface area contributed by atoms with Crippen molar-refractivity contribution in [2.45, 2.75) is 33.2 Å². The molecule has 1 aliphatic rings. The molecule has 0 atom stereocenters. The molecule has 0 spiro atoms. The lowest BCUT2D eigenvalue weighted by Gasteiger charge is -2.36. The van der Waals surface area contributed by atoms with Gasteiger partial charge in [-0.05, 0) is 31.3 Å². The van der Waals surface area contributed by atoms with Crippen LogP contribution in [0, 0.1) is 5.41 Å². The van der Waals surface area contributed by atoms with Gasteiger partial charge in [0.05, 0.1) is 5.51 Å². The molecule has 0 radical (unpaired) electrons. The number of piperidine rings is 1. The maximum absolute atomic E-state index is 4.11. The summed E-state index contributed by atoms with van der Waals surface area (Å²) in [5.74, 6) is 0. The van der Waals surface area contributed by atoms with Crippen LogP contribution in [0.2, 0.25) is 0 Å². The highest BCUT2D eigenvalue weighted by molar-refractivity contribution is 7.09. The van der Waals surface area contributed by atoms with E-state index >= 15 is 0 Å². The average Bonchev–Trinajstić information content (AvgIpc) is 2.61. The van der Waals surface area contributed by atoms with Gasteiger partial charge in [0.15, 0.2) is 0 Å². The summed E-state index contributed by atoms with van der Waals surface area (Å²) in [7, 11) is 0. The number of thiazole rings is 1. The topological polar surface area (TPSA) is 16.1 Å². The minimum atomic E-state index is 0.560. The van der Waals surface area contributed by atoms with Crippen LogP contribution in [0.5, 0.6) is 0 Å². The molecule has 1 aromatic heterocycles. The SMILES string of the molecule is CC1(C)CCN(Cc2cncs2)CC1. The van der Waals surface area contributed by atoms with Crippen molar-refractivity contribution in [1.29, 1.82) is 0 Å². The lowest BCUT2D eigenvalue weighted by atomic mass is 9.83. The van der Waals surface area contributed by atoms with Gasteiger partial charge in [0, 0.05) is 17.6 Å². The summed E-state index contributed by atoms with van der Waals surface area (Å²) in [4.78, 5) is 8.04. The summed E-state index contributed by atoms with van der Waals surface area (Å²) >= 11 is 1.76. The van der Waals surface area contributed by atoms with Crippen molar-refractivity contribution in [3.8, 4) is 0 Å². The fraction of sp³-hybridized carbons (Fsp3) is 0.727. The molecule has 2 heterocycles. The van der Waals surface area contributed by atoms with Crippen molar-refractivity contribution in [3.05, 3.63) is 16.6 Å². The first kappa shape index (κ1) is 10.1.